The summed E-state index contributed by atoms with van der Waals surface area (Å²) in [6.45, 7) is 2.59. The molecule has 3 aromatic rings. The first-order valence-corrected chi connectivity index (χ1v) is 7.11. The van der Waals surface area contributed by atoms with Gasteiger partial charge >= 0.3 is 0 Å². The van der Waals surface area contributed by atoms with Crippen molar-refractivity contribution in [3.8, 4) is 10.6 Å². The third-order valence-corrected chi connectivity index (χ3v) is 3.92. The van der Waals surface area contributed by atoms with Gasteiger partial charge in [-0.15, -0.1) is 11.3 Å². The predicted molar refractivity (Wildman–Crippen MR) is 79.0 cm³/mol. The van der Waals surface area contributed by atoms with Crippen LogP contribution in [0.2, 0.25) is 0 Å². The zero-order valence-electron chi connectivity index (χ0n) is 11.0. The van der Waals surface area contributed by atoms with Crippen LogP contribution in [0.25, 0.3) is 10.6 Å². The average Bonchev–Trinajstić information content (AvgIpc) is 3.07. The van der Waals surface area contributed by atoms with Gasteiger partial charge in [0.05, 0.1) is 17.9 Å². The highest BCUT2D eigenvalue weighted by atomic mass is 32.1. The Labute approximate surface area is 120 Å². The van der Waals surface area contributed by atoms with E-state index in [4.69, 9.17) is 0 Å². The van der Waals surface area contributed by atoms with Crippen LogP contribution >= 0.6 is 11.3 Å². The van der Waals surface area contributed by atoms with Crippen molar-refractivity contribution in [3.63, 3.8) is 0 Å². The number of hydrogen-bond donors (Lipinski definition) is 0. The van der Waals surface area contributed by atoms with Gasteiger partial charge in [0.1, 0.15) is 5.01 Å². The molecule has 3 aromatic heterocycles. The first-order chi connectivity index (χ1) is 9.76. The van der Waals surface area contributed by atoms with Crippen molar-refractivity contribution in [2.75, 3.05) is 0 Å². The molecular formula is C15H13N3OS. The second-order valence-corrected chi connectivity index (χ2v) is 5.43. The number of pyridine rings is 1. The summed E-state index contributed by atoms with van der Waals surface area (Å²) in [7, 11) is 0. The molecule has 0 amide bonds. The van der Waals surface area contributed by atoms with E-state index in [0.29, 0.717) is 12.2 Å². The van der Waals surface area contributed by atoms with Gasteiger partial charge < -0.3 is 4.57 Å². The molecule has 3 heterocycles. The number of nitrogens with zero attached hydrogens (tertiary/aromatic N) is 3. The molecule has 20 heavy (non-hydrogen) atoms. The van der Waals surface area contributed by atoms with E-state index in [2.05, 4.69) is 9.97 Å². The van der Waals surface area contributed by atoms with E-state index < -0.39 is 0 Å². The Morgan fingerprint density at radius 3 is 3.10 bits per heavy atom. The lowest BCUT2D eigenvalue weighted by atomic mass is 10.3. The van der Waals surface area contributed by atoms with Crippen molar-refractivity contribution in [2.45, 2.75) is 13.5 Å². The number of thiazole rings is 1. The molecule has 0 saturated heterocycles. The van der Waals surface area contributed by atoms with Crippen molar-refractivity contribution in [1.29, 1.82) is 0 Å². The van der Waals surface area contributed by atoms with E-state index in [1.165, 1.54) is 0 Å². The van der Waals surface area contributed by atoms with Crippen molar-refractivity contribution in [2.24, 2.45) is 0 Å². The van der Waals surface area contributed by atoms with Gasteiger partial charge in [-0.3, -0.25) is 9.78 Å². The normalized spacial score (nSPS) is 10.7. The summed E-state index contributed by atoms with van der Waals surface area (Å²) in [5, 5.41) is 2.97. The number of hydrogen-bond acceptors (Lipinski definition) is 4. The van der Waals surface area contributed by atoms with E-state index >= 15 is 0 Å². The largest absolute Gasteiger partial charge is 0.339 e. The van der Waals surface area contributed by atoms with Crippen molar-refractivity contribution in [3.05, 3.63) is 59.1 Å². The lowest BCUT2D eigenvalue weighted by Crippen LogP contribution is -2.02. The van der Waals surface area contributed by atoms with Crippen LogP contribution in [0.1, 0.15) is 21.7 Å². The molecule has 0 saturated carbocycles. The summed E-state index contributed by atoms with van der Waals surface area (Å²) in [5.41, 5.74) is 3.73. The van der Waals surface area contributed by atoms with Crippen molar-refractivity contribution in [1.82, 2.24) is 14.5 Å². The Morgan fingerprint density at radius 2 is 2.35 bits per heavy atom. The van der Waals surface area contributed by atoms with E-state index in [-0.39, 0.29) is 0 Å². The molecule has 0 unspecified atom stereocenters. The number of aldehydes is 1. The SMILES string of the molecule is Cc1cc(C=O)n(Cc2csc(-c3cccnc3)n2)c1. The fourth-order valence-electron chi connectivity index (χ4n) is 2.09. The van der Waals surface area contributed by atoms with Crippen molar-refractivity contribution >= 4 is 17.6 Å². The average molecular weight is 283 g/mol. The smallest absolute Gasteiger partial charge is 0.166 e. The van der Waals surface area contributed by atoms with Gasteiger partial charge in [-0.2, -0.15) is 0 Å². The first kappa shape index (κ1) is 12.7. The van der Waals surface area contributed by atoms with Crippen LogP contribution in [0.5, 0.6) is 0 Å². The fourth-order valence-corrected chi connectivity index (χ4v) is 2.89. The third-order valence-electron chi connectivity index (χ3n) is 2.98. The Balaban J connectivity index is 1.86. The first-order valence-electron chi connectivity index (χ1n) is 6.23. The monoisotopic (exact) mass is 283 g/mol. The second kappa shape index (κ2) is 5.38. The van der Waals surface area contributed by atoms with Gasteiger partial charge in [0.2, 0.25) is 0 Å². The Hall–Kier alpha value is -2.27. The van der Waals surface area contributed by atoms with Crippen LogP contribution in [-0.2, 0) is 6.54 Å². The minimum absolute atomic E-state index is 0.610. The molecule has 0 fully saturated rings. The number of rotatable bonds is 4. The van der Waals surface area contributed by atoms with Gasteiger partial charge in [0, 0.05) is 29.5 Å². The molecule has 0 aromatic carbocycles. The Morgan fingerprint density at radius 1 is 1.45 bits per heavy atom. The number of aryl methyl sites for hydroxylation is 1. The predicted octanol–water partition coefficient (Wildman–Crippen LogP) is 3.18. The lowest BCUT2D eigenvalue weighted by Gasteiger charge is -2.01. The molecule has 0 radical (unpaired) electrons. The van der Waals surface area contributed by atoms with Crippen LogP contribution < -0.4 is 0 Å². The van der Waals surface area contributed by atoms with Gasteiger partial charge in [-0.1, -0.05) is 0 Å². The third kappa shape index (κ3) is 2.53. The quantitative estimate of drug-likeness (QED) is 0.691. The fraction of sp³-hybridized carbons (Fsp3) is 0.133. The van der Waals surface area contributed by atoms with E-state index in [1.54, 1.807) is 23.7 Å². The van der Waals surface area contributed by atoms with Crippen LogP contribution in [0.3, 0.4) is 0 Å². The zero-order valence-corrected chi connectivity index (χ0v) is 11.8. The van der Waals surface area contributed by atoms with Crippen LogP contribution in [0.4, 0.5) is 0 Å². The molecule has 0 aliphatic heterocycles. The van der Waals surface area contributed by atoms with E-state index in [1.807, 2.05) is 41.3 Å². The molecule has 4 nitrogen and oxygen atoms in total. The molecule has 0 bridgehead atoms. The molecule has 0 N–H and O–H groups in total. The highest BCUT2D eigenvalue weighted by Gasteiger charge is 2.08. The van der Waals surface area contributed by atoms with Gasteiger partial charge in [0.15, 0.2) is 6.29 Å². The molecule has 0 aliphatic rings. The number of aromatic nitrogens is 3. The Kier molecular flexibility index (Phi) is 3.43. The minimum Gasteiger partial charge on any atom is -0.339 e. The maximum Gasteiger partial charge on any atom is 0.166 e. The van der Waals surface area contributed by atoms with E-state index in [9.17, 15) is 4.79 Å². The number of carbonyl (C=O) groups excluding carboxylic acids is 1. The molecule has 0 atom stereocenters. The maximum atomic E-state index is 11.0. The molecule has 0 spiro atoms. The number of carbonyl (C=O) groups is 1. The maximum absolute atomic E-state index is 11.0. The minimum atomic E-state index is 0.610. The molecular weight excluding hydrogens is 270 g/mol. The summed E-state index contributed by atoms with van der Waals surface area (Å²) in [6, 6.07) is 5.77. The summed E-state index contributed by atoms with van der Waals surface area (Å²) >= 11 is 1.59. The second-order valence-electron chi connectivity index (χ2n) is 4.57. The van der Waals surface area contributed by atoms with Crippen LogP contribution in [0.15, 0.2) is 42.2 Å². The van der Waals surface area contributed by atoms with Gasteiger partial charge in [-0.25, -0.2) is 4.98 Å². The van der Waals surface area contributed by atoms with Crippen molar-refractivity contribution < 1.29 is 4.79 Å². The van der Waals surface area contributed by atoms with Gasteiger partial charge in [0.25, 0.3) is 0 Å². The summed E-state index contributed by atoms with van der Waals surface area (Å²) in [4.78, 5) is 19.7. The lowest BCUT2D eigenvalue weighted by molar-refractivity contribution is 0.111. The molecule has 0 aliphatic carbocycles. The summed E-state index contributed by atoms with van der Waals surface area (Å²) < 4.78 is 1.92. The van der Waals surface area contributed by atoms with E-state index in [0.717, 1.165) is 28.1 Å². The standard InChI is InChI=1S/C15H13N3OS/c1-11-5-14(9-19)18(7-11)8-13-10-20-15(17-13)12-3-2-4-16-6-12/h2-7,9-10H,8H2,1H3. The van der Waals surface area contributed by atoms with Crippen LogP contribution in [0, 0.1) is 6.92 Å². The highest BCUT2D eigenvalue weighted by Crippen LogP contribution is 2.23. The summed E-state index contributed by atoms with van der Waals surface area (Å²) in [6.07, 6.45) is 6.39. The van der Waals surface area contributed by atoms with Crippen LogP contribution in [-0.4, -0.2) is 20.8 Å². The zero-order chi connectivity index (χ0) is 13.9. The van der Waals surface area contributed by atoms with Gasteiger partial charge in [-0.05, 0) is 30.7 Å². The molecule has 100 valence electrons. The highest BCUT2D eigenvalue weighted by molar-refractivity contribution is 7.13. The topological polar surface area (TPSA) is 47.8 Å². The molecule has 3 rings (SSSR count). The Bertz CT molecular complexity index is 731. The summed E-state index contributed by atoms with van der Waals surface area (Å²) in [5.74, 6) is 0. The molecule has 5 heteroatoms.